The molecule has 0 aliphatic rings. The number of carbonyl (C=O) groups is 1. The van der Waals surface area contributed by atoms with Crippen molar-refractivity contribution in [1.29, 1.82) is 0 Å². The van der Waals surface area contributed by atoms with E-state index in [9.17, 15) is 4.79 Å². The van der Waals surface area contributed by atoms with Crippen LogP contribution in [0.1, 0.15) is 21.7 Å². The molecule has 0 saturated carbocycles. The van der Waals surface area contributed by atoms with E-state index in [1.807, 2.05) is 12.1 Å². The SMILES string of the molecule is O=Cc1cnoc1CCc1ccncc1. The van der Waals surface area contributed by atoms with Gasteiger partial charge in [-0.3, -0.25) is 9.78 Å². The average Bonchev–Trinajstić information content (AvgIpc) is 2.75. The highest BCUT2D eigenvalue weighted by atomic mass is 16.5. The molecule has 0 spiro atoms. The lowest BCUT2D eigenvalue weighted by molar-refractivity contribution is 0.112. The molecule has 0 N–H and O–H groups in total. The number of aldehydes is 1. The monoisotopic (exact) mass is 202 g/mol. The van der Waals surface area contributed by atoms with Crippen LogP contribution in [0.2, 0.25) is 0 Å². The van der Waals surface area contributed by atoms with Crippen molar-refractivity contribution in [3.05, 3.63) is 47.6 Å². The molecular weight excluding hydrogens is 192 g/mol. The second-order valence-electron chi connectivity index (χ2n) is 3.18. The van der Waals surface area contributed by atoms with Crippen molar-refractivity contribution < 1.29 is 9.32 Å². The summed E-state index contributed by atoms with van der Waals surface area (Å²) in [4.78, 5) is 14.5. The van der Waals surface area contributed by atoms with Crippen LogP contribution in [0.15, 0.2) is 35.2 Å². The van der Waals surface area contributed by atoms with Crippen LogP contribution in [-0.4, -0.2) is 16.4 Å². The van der Waals surface area contributed by atoms with E-state index in [0.29, 0.717) is 17.7 Å². The Balaban J connectivity index is 2.02. The van der Waals surface area contributed by atoms with Gasteiger partial charge in [0.1, 0.15) is 5.76 Å². The van der Waals surface area contributed by atoms with Gasteiger partial charge in [-0.05, 0) is 24.1 Å². The Hall–Kier alpha value is -1.97. The summed E-state index contributed by atoms with van der Waals surface area (Å²) in [6, 6.07) is 3.88. The van der Waals surface area contributed by atoms with Gasteiger partial charge in [0, 0.05) is 18.8 Å². The number of hydrogen-bond acceptors (Lipinski definition) is 4. The van der Waals surface area contributed by atoms with Crippen molar-refractivity contribution >= 4 is 6.29 Å². The summed E-state index contributed by atoms with van der Waals surface area (Å²) < 4.78 is 4.98. The smallest absolute Gasteiger partial charge is 0.155 e. The van der Waals surface area contributed by atoms with E-state index in [0.717, 1.165) is 12.7 Å². The second-order valence-corrected chi connectivity index (χ2v) is 3.18. The second kappa shape index (κ2) is 4.50. The first-order chi connectivity index (χ1) is 7.40. The zero-order chi connectivity index (χ0) is 10.5. The van der Waals surface area contributed by atoms with Crippen molar-refractivity contribution in [2.45, 2.75) is 12.8 Å². The standard InChI is InChI=1S/C11H10N2O2/c14-8-10-7-13-15-11(10)2-1-9-3-5-12-6-4-9/h3-8H,1-2H2. The fraction of sp³-hybridized carbons (Fsp3) is 0.182. The zero-order valence-corrected chi connectivity index (χ0v) is 8.09. The molecule has 0 aliphatic carbocycles. The molecule has 2 rings (SSSR count). The Morgan fingerprint density at radius 1 is 1.27 bits per heavy atom. The molecule has 2 aromatic heterocycles. The summed E-state index contributed by atoms with van der Waals surface area (Å²) in [5.74, 6) is 0.641. The third-order valence-electron chi connectivity index (χ3n) is 2.19. The third kappa shape index (κ3) is 2.28. The Bertz CT molecular complexity index is 437. The minimum Gasteiger partial charge on any atom is -0.361 e. The summed E-state index contributed by atoms with van der Waals surface area (Å²) >= 11 is 0. The molecular formula is C11H10N2O2. The highest BCUT2D eigenvalue weighted by Gasteiger charge is 2.06. The van der Waals surface area contributed by atoms with E-state index in [4.69, 9.17) is 4.52 Å². The lowest BCUT2D eigenvalue weighted by Gasteiger charge is -1.97. The number of carbonyl (C=O) groups excluding carboxylic acids is 1. The highest BCUT2D eigenvalue weighted by Crippen LogP contribution is 2.09. The maximum Gasteiger partial charge on any atom is 0.155 e. The fourth-order valence-electron chi connectivity index (χ4n) is 1.36. The van der Waals surface area contributed by atoms with Gasteiger partial charge in [-0.25, -0.2) is 0 Å². The van der Waals surface area contributed by atoms with Crippen molar-refractivity contribution in [3.8, 4) is 0 Å². The van der Waals surface area contributed by atoms with Gasteiger partial charge in [-0.2, -0.15) is 0 Å². The van der Waals surface area contributed by atoms with E-state index in [1.165, 1.54) is 11.8 Å². The molecule has 0 amide bonds. The van der Waals surface area contributed by atoms with Crippen LogP contribution in [0.4, 0.5) is 0 Å². The molecule has 4 nitrogen and oxygen atoms in total. The summed E-state index contributed by atoms with van der Waals surface area (Å²) in [5.41, 5.74) is 1.70. The van der Waals surface area contributed by atoms with Gasteiger partial charge < -0.3 is 4.52 Å². The van der Waals surface area contributed by atoms with Crippen LogP contribution in [0.3, 0.4) is 0 Å². The predicted molar refractivity (Wildman–Crippen MR) is 53.5 cm³/mol. The quantitative estimate of drug-likeness (QED) is 0.707. The molecule has 76 valence electrons. The topological polar surface area (TPSA) is 56.0 Å². The molecule has 0 bridgehead atoms. The first kappa shape index (κ1) is 9.58. The molecule has 4 heteroatoms. The number of aryl methyl sites for hydroxylation is 2. The molecule has 2 aromatic rings. The molecule has 0 fully saturated rings. The normalized spacial score (nSPS) is 10.1. The van der Waals surface area contributed by atoms with Gasteiger partial charge in [-0.1, -0.05) is 5.16 Å². The summed E-state index contributed by atoms with van der Waals surface area (Å²) in [6.45, 7) is 0. The number of nitrogens with zero attached hydrogens (tertiary/aromatic N) is 2. The maximum absolute atomic E-state index is 10.6. The Labute approximate surface area is 86.9 Å². The van der Waals surface area contributed by atoms with Gasteiger partial charge in [-0.15, -0.1) is 0 Å². The number of pyridine rings is 1. The van der Waals surface area contributed by atoms with E-state index in [-0.39, 0.29) is 0 Å². The van der Waals surface area contributed by atoms with Crippen LogP contribution in [-0.2, 0) is 12.8 Å². The molecule has 0 atom stereocenters. The minimum atomic E-state index is 0.532. The van der Waals surface area contributed by atoms with Crippen LogP contribution in [0.25, 0.3) is 0 Å². The average molecular weight is 202 g/mol. The first-order valence-corrected chi connectivity index (χ1v) is 4.68. The van der Waals surface area contributed by atoms with Crippen molar-refractivity contribution in [2.24, 2.45) is 0 Å². The Morgan fingerprint density at radius 3 is 2.80 bits per heavy atom. The summed E-state index contributed by atoms with van der Waals surface area (Å²) in [5, 5.41) is 3.59. The van der Waals surface area contributed by atoms with Gasteiger partial charge in [0.2, 0.25) is 0 Å². The molecule has 2 heterocycles. The van der Waals surface area contributed by atoms with Gasteiger partial charge in [0.15, 0.2) is 6.29 Å². The van der Waals surface area contributed by atoms with E-state index >= 15 is 0 Å². The van der Waals surface area contributed by atoms with E-state index < -0.39 is 0 Å². The zero-order valence-electron chi connectivity index (χ0n) is 8.09. The number of rotatable bonds is 4. The van der Waals surface area contributed by atoms with Gasteiger partial charge in [0.05, 0.1) is 11.8 Å². The largest absolute Gasteiger partial charge is 0.361 e. The van der Waals surface area contributed by atoms with Crippen molar-refractivity contribution in [3.63, 3.8) is 0 Å². The number of hydrogen-bond donors (Lipinski definition) is 0. The third-order valence-corrected chi connectivity index (χ3v) is 2.19. The lowest BCUT2D eigenvalue weighted by Crippen LogP contribution is -1.93. The van der Waals surface area contributed by atoms with Gasteiger partial charge in [0.25, 0.3) is 0 Å². The molecule has 0 aromatic carbocycles. The molecule has 0 radical (unpaired) electrons. The summed E-state index contributed by atoms with van der Waals surface area (Å²) in [7, 11) is 0. The first-order valence-electron chi connectivity index (χ1n) is 4.68. The Morgan fingerprint density at radius 2 is 2.07 bits per heavy atom. The van der Waals surface area contributed by atoms with Crippen LogP contribution < -0.4 is 0 Å². The van der Waals surface area contributed by atoms with Crippen molar-refractivity contribution in [1.82, 2.24) is 10.1 Å². The van der Waals surface area contributed by atoms with Crippen molar-refractivity contribution in [2.75, 3.05) is 0 Å². The van der Waals surface area contributed by atoms with E-state index in [2.05, 4.69) is 10.1 Å². The highest BCUT2D eigenvalue weighted by molar-refractivity contribution is 5.75. The van der Waals surface area contributed by atoms with E-state index in [1.54, 1.807) is 12.4 Å². The predicted octanol–water partition coefficient (Wildman–Crippen LogP) is 1.67. The number of aromatic nitrogens is 2. The van der Waals surface area contributed by atoms with Crippen LogP contribution in [0, 0.1) is 0 Å². The Kier molecular flexibility index (Phi) is 2.88. The minimum absolute atomic E-state index is 0.532. The summed E-state index contributed by atoms with van der Waals surface area (Å²) in [6.07, 6.45) is 7.19. The molecule has 0 aliphatic heterocycles. The van der Waals surface area contributed by atoms with Crippen LogP contribution >= 0.6 is 0 Å². The molecule has 15 heavy (non-hydrogen) atoms. The van der Waals surface area contributed by atoms with Gasteiger partial charge >= 0.3 is 0 Å². The van der Waals surface area contributed by atoms with Crippen LogP contribution in [0.5, 0.6) is 0 Å². The molecule has 0 unspecified atom stereocenters. The molecule has 0 saturated heterocycles. The maximum atomic E-state index is 10.6. The fourth-order valence-corrected chi connectivity index (χ4v) is 1.36. The lowest BCUT2D eigenvalue weighted by atomic mass is 10.1.